The van der Waals surface area contributed by atoms with Gasteiger partial charge in [-0.05, 0) is 0 Å². The lowest BCUT2D eigenvalue weighted by molar-refractivity contribution is -0.137. The lowest BCUT2D eigenvalue weighted by Gasteiger charge is -2.21. The Balaban J connectivity index is 2.49. The third kappa shape index (κ3) is 4.83. The zero-order valence-corrected chi connectivity index (χ0v) is 11.0. The van der Waals surface area contributed by atoms with Gasteiger partial charge in [0, 0.05) is 19.2 Å². The van der Waals surface area contributed by atoms with Gasteiger partial charge >= 0.3 is 12.0 Å². The van der Waals surface area contributed by atoms with Gasteiger partial charge in [-0.1, -0.05) is 30.3 Å². The summed E-state index contributed by atoms with van der Waals surface area (Å²) in [5.41, 5.74) is -0.187. The van der Waals surface area contributed by atoms with Crippen LogP contribution < -0.4 is 5.32 Å². The Bertz CT molecular complexity index is 466. The minimum atomic E-state index is -3.18. The molecule has 0 spiro atoms. The van der Waals surface area contributed by atoms with Crippen LogP contribution in [0.4, 0.5) is 13.6 Å². The molecule has 0 heterocycles. The number of carboxylic acids is 1. The van der Waals surface area contributed by atoms with E-state index >= 15 is 0 Å². The highest BCUT2D eigenvalue weighted by molar-refractivity contribution is 5.75. The third-order valence-electron chi connectivity index (χ3n) is 2.67. The van der Waals surface area contributed by atoms with Gasteiger partial charge in [-0.3, -0.25) is 4.79 Å². The molecule has 0 radical (unpaired) electrons. The SMILES string of the molecule is CN(CCC(=O)O)C(=O)NCC(F)(F)c1ccccc1. The lowest BCUT2D eigenvalue weighted by Crippen LogP contribution is -2.42. The van der Waals surface area contributed by atoms with Gasteiger partial charge in [-0.2, -0.15) is 8.78 Å². The summed E-state index contributed by atoms with van der Waals surface area (Å²) in [7, 11) is 1.35. The molecule has 0 fully saturated rings. The van der Waals surface area contributed by atoms with Crippen LogP contribution in [0.15, 0.2) is 30.3 Å². The molecule has 0 unspecified atom stereocenters. The largest absolute Gasteiger partial charge is 0.481 e. The first kappa shape index (κ1) is 15.9. The Hall–Kier alpha value is -2.18. The van der Waals surface area contributed by atoms with Crippen molar-refractivity contribution < 1.29 is 23.5 Å². The fraction of sp³-hybridized carbons (Fsp3) is 0.385. The second-order valence-electron chi connectivity index (χ2n) is 4.29. The lowest BCUT2D eigenvalue weighted by atomic mass is 10.1. The van der Waals surface area contributed by atoms with Crippen molar-refractivity contribution in [2.45, 2.75) is 12.3 Å². The topological polar surface area (TPSA) is 69.6 Å². The number of hydrogen-bond acceptors (Lipinski definition) is 2. The van der Waals surface area contributed by atoms with E-state index in [1.165, 1.54) is 31.3 Å². The van der Waals surface area contributed by atoms with Crippen molar-refractivity contribution in [3.05, 3.63) is 35.9 Å². The van der Waals surface area contributed by atoms with Crippen molar-refractivity contribution in [1.29, 1.82) is 0 Å². The molecule has 7 heteroatoms. The Labute approximate surface area is 115 Å². The maximum atomic E-state index is 13.8. The molecule has 0 atom stereocenters. The summed E-state index contributed by atoms with van der Waals surface area (Å²) >= 11 is 0. The number of nitrogens with zero attached hydrogens (tertiary/aromatic N) is 1. The molecule has 0 aromatic heterocycles. The second kappa shape index (κ2) is 6.83. The average Bonchev–Trinajstić information content (AvgIpc) is 2.43. The van der Waals surface area contributed by atoms with E-state index in [1.807, 2.05) is 0 Å². The minimum Gasteiger partial charge on any atom is -0.481 e. The summed E-state index contributed by atoms with van der Waals surface area (Å²) in [5.74, 6) is -4.23. The molecule has 110 valence electrons. The zero-order chi connectivity index (χ0) is 15.2. The van der Waals surface area contributed by atoms with E-state index in [4.69, 9.17) is 5.11 Å². The monoisotopic (exact) mass is 286 g/mol. The summed E-state index contributed by atoms with van der Waals surface area (Å²) in [6, 6.07) is 6.42. The van der Waals surface area contributed by atoms with E-state index in [0.717, 1.165) is 4.90 Å². The Kier molecular flexibility index (Phi) is 5.42. The number of carboxylic acid groups (broad SMARTS) is 1. The zero-order valence-electron chi connectivity index (χ0n) is 11.0. The molecule has 2 amide bonds. The van der Waals surface area contributed by atoms with Gasteiger partial charge in [0.25, 0.3) is 5.92 Å². The first-order valence-corrected chi connectivity index (χ1v) is 5.97. The molecular weight excluding hydrogens is 270 g/mol. The summed E-state index contributed by atoms with van der Waals surface area (Å²) in [6.07, 6.45) is -0.237. The number of urea groups is 1. The maximum absolute atomic E-state index is 13.8. The molecule has 0 bridgehead atoms. The van der Waals surface area contributed by atoms with Crippen LogP contribution in [-0.4, -0.2) is 42.1 Å². The molecule has 1 aromatic rings. The summed E-state index contributed by atoms with van der Waals surface area (Å²) < 4.78 is 27.5. The first-order valence-electron chi connectivity index (χ1n) is 5.97. The van der Waals surface area contributed by atoms with E-state index in [0.29, 0.717) is 0 Å². The average molecular weight is 286 g/mol. The molecule has 5 nitrogen and oxygen atoms in total. The van der Waals surface area contributed by atoms with Crippen LogP contribution in [0.1, 0.15) is 12.0 Å². The first-order chi connectivity index (χ1) is 9.33. The number of hydrogen-bond donors (Lipinski definition) is 2. The highest BCUT2D eigenvalue weighted by Crippen LogP contribution is 2.26. The third-order valence-corrected chi connectivity index (χ3v) is 2.67. The van der Waals surface area contributed by atoms with Crippen LogP contribution in [0, 0.1) is 0 Å². The van der Waals surface area contributed by atoms with E-state index in [-0.39, 0.29) is 18.5 Å². The molecular formula is C13H16F2N2O3. The van der Waals surface area contributed by atoms with Crippen LogP contribution in [0.3, 0.4) is 0 Å². The van der Waals surface area contributed by atoms with Crippen LogP contribution in [-0.2, 0) is 10.7 Å². The van der Waals surface area contributed by atoms with Gasteiger partial charge in [0.1, 0.15) is 0 Å². The molecule has 0 aliphatic carbocycles. The van der Waals surface area contributed by atoms with Crippen LogP contribution >= 0.6 is 0 Å². The van der Waals surface area contributed by atoms with Gasteiger partial charge in [-0.25, -0.2) is 4.79 Å². The van der Waals surface area contributed by atoms with E-state index in [9.17, 15) is 18.4 Å². The molecule has 1 aromatic carbocycles. The smallest absolute Gasteiger partial charge is 0.317 e. The van der Waals surface area contributed by atoms with Crippen LogP contribution in [0.25, 0.3) is 0 Å². The van der Waals surface area contributed by atoms with Gasteiger partial charge in [0.05, 0.1) is 13.0 Å². The second-order valence-corrected chi connectivity index (χ2v) is 4.29. The van der Waals surface area contributed by atoms with Crippen molar-refractivity contribution in [2.24, 2.45) is 0 Å². The summed E-state index contributed by atoms with van der Waals surface area (Å²) in [5, 5.41) is 10.6. The molecule has 1 rings (SSSR count). The van der Waals surface area contributed by atoms with E-state index in [2.05, 4.69) is 5.32 Å². The fourth-order valence-corrected chi connectivity index (χ4v) is 1.47. The van der Waals surface area contributed by atoms with Crippen molar-refractivity contribution in [1.82, 2.24) is 10.2 Å². The van der Waals surface area contributed by atoms with Crippen LogP contribution in [0.2, 0.25) is 0 Å². The standard InChI is InChI=1S/C13H16F2N2O3/c1-17(8-7-11(18)19)12(20)16-9-13(14,15)10-5-3-2-4-6-10/h2-6H,7-9H2,1H3,(H,16,20)(H,18,19). The Morgan fingerprint density at radius 2 is 1.90 bits per heavy atom. The van der Waals surface area contributed by atoms with Crippen molar-refractivity contribution in [3.63, 3.8) is 0 Å². The Morgan fingerprint density at radius 1 is 1.30 bits per heavy atom. The number of halogens is 2. The maximum Gasteiger partial charge on any atom is 0.317 e. The highest BCUT2D eigenvalue weighted by atomic mass is 19.3. The number of alkyl halides is 2. The molecule has 0 saturated carbocycles. The quantitative estimate of drug-likeness (QED) is 0.839. The summed E-state index contributed by atoms with van der Waals surface area (Å²) in [4.78, 5) is 22.9. The summed E-state index contributed by atoms with van der Waals surface area (Å²) in [6.45, 7) is -0.884. The Morgan fingerprint density at radius 3 is 2.45 bits per heavy atom. The number of rotatable bonds is 6. The van der Waals surface area contributed by atoms with Gasteiger partial charge in [-0.15, -0.1) is 0 Å². The van der Waals surface area contributed by atoms with Crippen molar-refractivity contribution in [2.75, 3.05) is 20.1 Å². The molecule has 0 saturated heterocycles. The van der Waals surface area contributed by atoms with E-state index in [1.54, 1.807) is 6.07 Å². The molecule has 0 aliphatic heterocycles. The molecule has 0 aliphatic rings. The van der Waals surface area contributed by atoms with Crippen molar-refractivity contribution in [3.8, 4) is 0 Å². The number of carbonyl (C=O) groups excluding carboxylic acids is 1. The highest BCUT2D eigenvalue weighted by Gasteiger charge is 2.32. The normalized spacial score (nSPS) is 10.9. The van der Waals surface area contributed by atoms with Crippen molar-refractivity contribution >= 4 is 12.0 Å². The van der Waals surface area contributed by atoms with E-state index < -0.39 is 24.5 Å². The molecule has 2 N–H and O–H groups in total. The van der Waals surface area contributed by atoms with Gasteiger partial charge in [0.15, 0.2) is 0 Å². The predicted molar refractivity (Wildman–Crippen MR) is 68.6 cm³/mol. The predicted octanol–water partition coefficient (Wildman–Crippen LogP) is 1.89. The fourth-order valence-electron chi connectivity index (χ4n) is 1.47. The van der Waals surface area contributed by atoms with Gasteiger partial charge in [0.2, 0.25) is 0 Å². The number of aliphatic carboxylic acids is 1. The van der Waals surface area contributed by atoms with Gasteiger partial charge < -0.3 is 15.3 Å². The number of carbonyl (C=O) groups is 2. The number of amides is 2. The molecule has 20 heavy (non-hydrogen) atoms. The van der Waals surface area contributed by atoms with Crippen LogP contribution in [0.5, 0.6) is 0 Å². The number of benzene rings is 1. The minimum absolute atomic E-state index is 0.0436. The number of nitrogens with one attached hydrogen (secondary N) is 1.